The van der Waals surface area contributed by atoms with Crippen molar-refractivity contribution in [3.05, 3.63) is 79.6 Å². The van der Waals surface area contributed by atoms with Crippen molar-refractivity contribution in [2.24, 2.45) is 0 Å². The van der Waals surface area contributed by atoms with E-state index in [1.807, 2.05) is 0 Å². The molecule has 0 aliphatic rings. The Bertz CT molecular complexity index is 1490. The van der Waals surface area contributed by atoms with Crippen LogP contribution in [0.5, 0.6) is 0 Å². The normalized spacial score (nSPS) is 11.4. The van der Waals surface area contributed by atoms with Crippen molar-refractivity contribution in [2.75, 3.05) is 5.32 Å². The summed E-state index contributed by atoms with van der Waals surface area (Å²) in [6.45, 7) is 0. The maximum atomic E-state index is 12.8. The first-order valence-corrected chi connectivity index (χ1v) is 11.3. The number of hydrogen-bond donors (Lipinski definition) is 1. The fourth-order valence-electron chi connectivity index (χ4n) is 3.13. The number of amides is 1. The maximum Gasteiger partial charge on any atom is 0.267 e. The number of thiophene rings is 1. The lowest BCUT2D eigenvalue weighted by Gasteiger charge is -2.03. The van der Waals surface area contributed by atoms with Crippen molar-refractivity contribution in [1.82, 2.24) is 4.98 Å². The first-order chi connectivity index (χ1) is 14.9. The molecule has 0 bridgehead atoms. The van der Waals surface area contributed by atoms with Crippen molar-refractivity contribution in [1.29, 1.82) is 0 Å². The van der Waals surface area contributed by atoms with Crippen molar-refractivity contribution in [3.8, 4) is 11.5 Å². The van der Waals surface area contributed by atoms with Crippen LogP contribution < -0.4 is 5.32 Å². The van der Waals surface area contributed by atoms with Crippen LogP contribution in [-0.4, -0.2) is 10.9 Å². The molecule has 0 atom stereocenters. The molecule has 5 rings (SSSR count). The van der Waals surface area contributed by atoms with E-state index in [0.29, 0.717) is 53.2 Å². The van der Waals surface area contributed by atoms with E-state index in [4.69, 9.17) is 50.8 Å². The molecule has 0 saturated carbocycles. The standard InChI is InChI=1S/C22H10Cl4N2O2S/c23-11-2-4-13-18(8-11)31-20(19(13)26)21(29)27-12-3-6-17-16(9-12)28-22(30-17)10-1-5-14(24)15(25)7-10/h1-9H,(H,27,29). The van der Waals surface area contributed by atoms with E-state index in [1.165, 1.54) is 11.3 Å². The number of carbonyl (C=O) groups excluding carboxylic acids is 1. The van der Waals surface area contributed by atoms with Gasteiger partial charge in [-0.25, -0.2) is 4.98 Å². The van der Waals surface area contributed by atoms with Gasteiger partial charge in [0.1, 0.15) is 10.4 Å². The zero-order valence-corrected chi connectivity index (χ0v) is 19.2. The van der Waals surface area contributed by atoms with E-state index in [-0.39, 0.29) is 5.91 Å². The van der Waals surface area contributed by atoms with Gasteiger partial charge in [-0.3, -0.25) is 4.79 Å². The maximum absolute atomic E-state index is 12.8. The molecule has 31 heavy (non-hydrogen) atoms. The first-order valence-electron chi connectivity index (χ1n) is 8.94. The van der Waals surface area contributed by atoms with Gasteiger partial charge in [0.2, 0.25) is 5.89 Å². The minimum absolute atomic E-state index is 0.310. The van der Waals surface area contributed by atoms with Gasteiger partial charge in [0, 0.05) is 26.4 Å². The molecule has 3 aromatic carbocycles. The van der Waals surface area contributed by atoms with E-state index in [2.05, 4.69) is 10.3 Å². The van der Waals surface area contributed by atoms with Crippen LogP contribution in [-0.2, 0) is 0 Å². The van der Waals surface area contributed by atoms with Gasteiger partial charge in [-0.1, -0.05) is 52.5 Å². The Morgan fingerprint density at radius 1 is 0.935 bits per heavy atom. The number of nitrogens with zero attached hydrogens (tertiary/aromatic N) is 1. The molecule has 1 amide bonds. The van der Waals surface area contributed by atoms with E-state index in [0.717, 1.165) is 10.1 Å². The van der Waals surface area contributed by atoms with Crippen LogP contribution in [0.4, 0.5) is 5.69 Å². The summed E-state index contributed by atoms with van der Waals surface area (Å²) in [5.74, 6) is 0.0938. The highest BCUT2D eigenvalue weighted by Crippen LogP contribution is 2.37. The van der Waals surface area contributed by atoms with Gasteiger partial charge >= 0.3 is 0 Å². The van der Waals surface area contributed by atoms with Crippen LogP contribution in [0.2, 0.25) is 20.1 Å². The highest BCUT2D eigenvalue weighted by atomic mass is 35.5. The topological polar surface area (TPSA) is 55.1 Å². The highest BCUT2D eigenvalue weighted by molar-refractivity contribution is 7.21. The summed E-state index contributed by atoms with van der Waals surface area (Å²) < 4.78 is 6.65. The number of carbonyl (C=O) groups is 1. The predicted octanol–water partition coefficient (Wildman–Crippen LogP) is 8.58. The molecule has 9 heteroatoms. The van der Waals surface area contributed by atoms with E-state index in [1.54, 1.807) is 54.6 Å². The van der Waals surface area contributed by atoms with Gasteiger partial charge in [0.15, 0.2) is 5.58 Å². The number of aromatic nitrogens is 1. The number of oxazole rings is 1. The van der Waals surface area contributed by atoms with Gasteiger partial charge in [0.05, 0.1) is 15.1 Å². The summed E-state index contributed by atoms with van der Waals surface area (Å²) in [5.41, 5.74) is 2.44. The molecule has 0 spiro atoms. The Morgan fingerprint density at radius 2 is 1.77 bits per heavy atom. The Kier molecular flexibility index (Phi) is 5.32. The molecule has 0 aliphatic carbocycles. The number of halogens is 4. The molecular weight excluding hydrogens is 498 g/mol. The summed E-state index contributed by atoms with van der Waals surface area (Å²) in [5, 5.41) is 5.51. The van der Waals surface area contributed by atoms with Crippen LogP contribution in [0.1, 0.15) is 9.67 Å². The number of benzene rings is 3. The predicted molar refractivity (Wildman–Crippen MR) is 129 cm³/mol. The van der Waals surface area contributed by atoms with Crippen molar-refractivity contribution in [3.63, 3.8) is 0 Å². The third kappa shape index (κ3) is 3.88. The molecule has 154 valence electrons. The summed E-state index contributed by atoms with van der Waals surface area (Å²) in [7, 11) is 0. The van der Waals surface area contributed by atoms with Crippen molar-refractivity contribution in [2.45, 2.75) is 0 Å². The summed E-state index contributed by atoms with van der Waals surface area (Å²) in [4.78, 5) is 17.7. The van der Waals surface area contributed by atoms with Gasteiger partial charge in [-0.05, 0) is 48.5 Å². The van der Waals surface area contributed by atoms with Crippen LogP contribution in [0.3, 0.4) is 0 Å². The molecular formula is C22H10Cl4N2O2S. The summed E-state index contributed by atoms with van der Waals surface area (Å²) in [6.07, 6.45) is 0. The number of rotatable bonds is 3. The molecule has 0 radical (unpaired) electrons. The van der Waals surface area contributed by atoms with Gasteiger partial charge in [-0.2, -0.15) is 0 Å². The molecule has 0 saturated heterocycles. The molecule has 0 fully saturated rings. The van der Waals surface area contributed by atoms with E-state index >= 15 is 0 Å². The van der Waals surface area contributed by atoms with E-state index < -0.39 is 0 Å². The number of hydrogen-bond acceptors (Lipinski definition) is 4. The average Bonchev–Trinajstić information content (AvgIpc) is 3.30. The van der Waals surface area contributed by atoms with Crippen LogP contribution >= 0.6 is 57.7 Å². The van der Waals surface area contributed by atoms with Crippen LogP contribution in [0.25, 0.3) is 32.6 Å². The molecule has 4 nitrogen and oxygen atoms in total. The van der Waals surface area contributed by atoms with Crippen molar-refractivity contribution >= 4 is 90.5 Å². The molecule has 0 unspecified atom stereocenters. The van der Waals surface area contributed by atoms with Crippen LogP contribution in [0.15, 0.2) is 59.0 Å². The van der Waals surface area contributed by atoms with Crippen LogP contribution in [0, 0.1) is 0 Å². The van der Waals surface area contributed by atoms with Gasteiger partial charge in [-0.15, -0.1) is 11.3 Å². The van der Waals surface area contributed by atoms with Crippen molar-refractivity contribution < 1.29 is 9.21 Å². The lowest BCUT2D eigenvalue weighted by atomic mass is 10.2. The van der Waals surface area contributed by atoms with E-state index in [9.17, 15) is 4.79 Å². The third-order valence-corrected chi connectivity index (χ3v) is 7.24. The smallest absolute Gasteiger partial charge is 0.267 e. The molecule has 1 N–H and O–H groups in total. The quantitative estimate of drug-likeness (QED) is 0.266. The minimum atomic E-state index is -0.310. The lowest BCUT2D eigenvalue weighted by Crippen LogP contribution is -2.10. The highest BCUT2D eigenvalue weighted by Gasteiger charge is 2.18. The number of fused-ring (bicyclic) bond motifs is 2. The monoisotopic (exact) mass is 506 g/mol. The minimum Gasteiger partial charge on any atom is -0.436 e. The fourth-order valence-corrected chi connectivity index (χ4v) is 5.12. The Hall–Kier alpha value is -2.28. The first kappa shape index (κ1) is 20.6. The zero-order chi connectivity index (χ0) is 21.7. The lowest BCUT2D eigenvalue weighted by molar-refractivity contribution is 0.103. The fraction of sp³-hybridized carbons (Fsp3) is 0. The zero-order valence-electron chi connectivity index (χ0n) is 15.4. The molecule has 2 heterocycles. The molecule has 2 aromatic heterocycles. The van der Waals surface area contributed by atoms with Gasteiger partial charge in [0.25, 0.3) is 5.91 Å². The number of nitrogens with one attached hydrogen (secondary N) is 1. The largest absolute Gasteiger partial charge is 0.436 e. The second-order valence-electron chi connectivity index (χ2n) is 6.67. The Labute approximate surface area is 200 Å². The Morgan fingerprint density at radius 3 is 2.58 bits per heavy atom. The molecule has 5 aromatic rings. The summed E-state index contributed by atoms with van der Waals surface area (Å²) in [6, 6.07) is 15.7. The third-order valence-electron chi connectivity index (χ3n) is 4.61. The number of anilines is 1. The average molecular weight is 508 g/mol. The summed E-state index contributed by atoms with van der Waals surface area (Å²) >= 11 is 25.8. The SMILES string of the molecule is O=C(Nc1ccc2oc(-c3ccc(Cl)c(Cl)c3)nc2c1)c1sc2cc(Cl)ccc2c1Cl. The second-order valence-corrected chi connectivity index (χ2v) is 9.35. The molecule has 0 aliphatic heterocycles. The van der Waals surface area contributed by atoms with Gasteiger partial charge < -0.3 is 9.73 Å². The second kappa shape index (κ2) is 8.01. The Balaban J connectivity index is 1.45.